The van der Waals surface area contributed by atoms with E-state index < -0.39 is 5.97 Å². The first-order valence-electron chi connectivity index (χ1n) is 4.25. The molecule has 0 amide bonds. The zero-order valence-electron chi connectivity index (χ0n) is 8.54. The van der Waals surface area contributed by atoms with Gasteiger partial charge in [0.2, 0.25) is 0 Å². The maximum absolute atomic E-state index is 10.4. The third-order valence-corrected chi connectivity index (χ3v) is 1.02. The summed E-state index contributed by atoms with van der Waals surface area (Å²) in [6, 6.07) is 0. The third kappa shape index (κ3) is 17.3. The highest BCUT2D eigenvalue weighted by Gasteiger charge is 1.99. The lowest BCUT2D eigenvalue weighted by atomic mass is 10.5. The summed E-state index contributed by atoms with van der Waals surface area (Å²) in [4.78, 5) is 24.2. The second-order valence-corrected chi connectivity index (χ2v) is 2.96. The van der Waals surface area contributed by atoms with Crippen molar-refractivity contribution in [3.05, 3.63) is 0 Å². The zero-order chi connectivity index (χ0) is 11.6. The van der Waals surface area contributed by atoms with E-state index in [9.17, 15) is 9.59 Å². The maximum Gasteiger partial charge on any atom is 0.324 e. The van der Waals surface area contributed by atoms with E-state index in [0.717, 1.165) is 0 Å². The lowest BCUT2D eigenvalue weighted by Crippen LogP contribution is -2.24. The molecule has 14 heavy (non-hydrogen) atoms. The predicted molar refractivity (Wildman–Crippen MR) is 52.8 cm³/mol. The summed E-state index contributed by atoms with van der Waals surface area (Å²) < 4.78 is 0. The average Bonchev–Trinajstić information content (AvgIpc) is 2.14. The van der Waals surface area contributed by atoms with Gasteiger partial charge in [0.25, 0.3) is 0 Å². The molecule has 0 aromatic heterocycles. The van der Waals surface area contributed by atoms with Gasteiger partial charge in [-0.25, -0.2) is 0 Å². The van der Waals surface area contributed by atoms with E-state index in [4.69, 9.17) is 16.7 Å². The van der Waals surface area contributed by atoms with E-state index in [-0.39, 0.29) is 17.9 Å². The molecule has 0 saturated carbocycles. The zero-order valence-corrected chi connectivity index (χ0v) is 9.30. The third-order valence-electron chi connectivity index (χ3n) is 0.926. The first-order valence-corrected chi connectivity index (χ1v) is 4.68. The van der Waals surface area contributed by atoms with Gasteiger partial charge in [0.05, 0.1) is 0 Å². The van der Waals surface area contributed by atoms with Gasteiger partial charge in [0.1, 0.15) is 5.50 Å². The Bertz CT molecular complexity index is 173. The number of carboxylic acid groups (broad SMARTS) is 1. The Kier molecular flexibility index (Phi) is 11.5. The number of rotatable bonds is 4. The predicted octanol–water partition coefficient (Wildman–Crippen LogP) is 1.51. The minimum atomic E-state index is -0.745. The van der Waals surface area contributed by atoms with Crippen LogP contribution in [0.5, 0.6) is 0 Å². The van der Waals surface area contributed by atoms with Crippen molar-refractivity contribution in [3.8, 4) is 0 Å². The number of hydrogen-bond donors (Lipinski definition) is 2. The summed E-state index contributed by atoms with van der Waals surface area (Å²) in [6.07, 6.45) is 0.580. The molecule has 0 saturated heterocycles. The van der Waals surface area contributed by atoms with Crippen molar-refractivity contribution in [1.82, 2.24) is 5.48 Å². The van der Waals surface area contributed by atoms with Crippen LogP contribution in [-0.2, 0) is 14.4 Å². The van der Waals surface area contributed by atoms with Crippen LogP contribution in [0.25, 0.3) is 0 Å². The first-order chi connectivity index (χ1) is 6.43. The van der Waals surface area contributed by atoms with Crippen molar-refractivity contribution in [3.63, 3.8) is 0 Å². The van der Waals surface area contributed by atoms with Gasteiger partial charge in [-0.3, -0.25) is 9.59 Å². The van der Waals surface area contributed by atoms with Crippen LogP contribution < -0.4 is 5.48 Å². The summed E-state index contributed by atoms with van der Waals surface area (Å²) in [7, 11) is 0. The summed E-state index contributed by atoms with van der Waals surface area (Å²) in [5, 5.41) is 7.72. The highest BCUT2D eigenvalue weighted by Crippen LogP contribution is 1.87. The lowest BCUT2D eigenvalue weighted by molar-refractivity contribution is -0.151. The second kappa shape index (κ2) is 10.3. The van der Waals surface area contributed by atoms with E-state index in [1.165, 1.54) is 0 Å². The van der Waals surface area contributed by atoms with E-state index in [0.29, 0.717) is 6.42 Å². The van der Waals surface area contributed by atoms with Crippen molar-refractivity contribution in [2.75, 3.05) is 0 Å². The fourth-order valence-corrected chi connectivity index (χ4v) is 0.264. The Morgan fingerprint density at radius 2 is 1.86 bits per heavy atom. The van der Waals surface area contributed by atoms with Crippen molar-refractivity contribution in [2.45, 2.75) is 39.1 Å². The molecule has 0 spiro atoms. The topological polar surface area (TPSA) is 75.6 Å². The highest BCUT2D eigenvalue weighted by molar-refractivity contribution is 6.20. The van der Waals surface area contributed by atoms with E-state index in [1.54, 1.807) is 20.8 Å². The van der Waals surface area contributed by atoms with E-state index >= 15 is 0 Å². The second-order valence-electron chi connectivity index (χ2n) is 2.31. The molecule has 5 nitrogen and oxygen atoms in total. The standard InChI is InChI=1S/C5H10ClNO2.C3H6O2/c1-3-5(8)9-7-4(2)6;1-2-3(4)5/h4,7H,3H2,1-2H3;2H2,1H3,(H,4,5). The molecule has 0 heterocycles. The number of aliphatic carboxylic acids is 1. The molecule has 0 aliphatic carbocycles. The number of alkyl halides is 1. The van der Waals surface area contributed by atoms with Crippen molar-refractivity contribution in [2.24, 2.45) is 0 Å². The van der Waals surface area contributed by atoms with Gasteiger partial charge in [0.15, 0.2) is 0 Å². The van der Waals surface area contributed by atoms with E-state index in [2.05, 4.69) is 10.3 Å². The number of carboxylic acids is 1. The SMILES string of the molecule is CCC(=O)O.CCC(=O)ONC(C)Cl. The monoisotopic (exact) mass is 225 g/mol. The van der Waals surface area contributed by atoms with Crippen molar-refractivity contribution >= 4 is 23.5 Å². The Morgan fingerprint density at radius 3 is 2.07 bits per heavy atom. The van der Waals surface area contributed by atoms with Crippen molar-refractivity contribution < 1.29 is 19.5 Å². The molecule has 0 aliphatic rings. The number of halogens is 1. The van der Waals surface area contributed by atoms with Crippen LogP contribution in [0.2, 0.25) is 0 Å². The molecule has 0 bridgehead atoms. The van der Waals surface area contributed by atoms with Crippen LogP contribution in [-0.4, -0.2) is 22.5 Å². The quantitative estimate of drug-likeness (QED) is 0.431. The van der Waals surface area contributed by atoms with Crippen molar-refractivity contribution in [1.29, 1.82) is 0 Å². The Hall–Kier alpha value is -0.810. The summed E-state index contributed by atoms with van der Waals surface area (Å²) in [6.45, 7) is 4.98. The number of carbonyl (C=O) groups is 2. The van der Waals surface area contributed by atoms with Gasteiger partial charge in [-0.05, 0) is 6.92 Å². The van der Waals surface area contributed by atoms with E-state index in [1.807, 2.05) is 0 Å². The molecule has 0 radical (unpaired) electrons. The molecular weight excluding hydrogens is 210 g/mol. The minimum absolute atomic E-state index is 0.222. The van der Waals surface area contributed by atoms with Gasteiger partial charge in [0, 0.05) is 12.8 Å². The summed E-state index contributed by atoms with van der Waals surface area (Å²) in [5.74, 6) is -1.05. The molecule has 1 atom stereocenters. The molecule has 0 aliphatic heterocycles. The van der Waals surface area contributed by atoms with Crippen LogP contribution in [0.4, 0.5) is 0 Å². The Balaban J connectivity index is 0. The maximum atomic E-state index is 10.4. The largest absolute Gasteiger partial charge is 0.481 e. The minimum Gasteiger partial charge on any atom is -0.481 e. The summed E-state index contributed by atoms with van der Waals surface area (Å²) >= 11 is 5.39. The van der Waals surface area contributed by atoms with Gasteiger partial charge >= 0.3 is 11.9 Å². The van der Waals surface area contributed by atoms with Gasteiger partial charge in [-0.15, -0.1) is 17.1 Å². The molecule has 6 heteroatoms. The lowest BCUT2D eigenvalue weighted by Gasteiger charge is -2.04. The first kappa shape index (κ1) is 15.7. The molecule has 0 fully saturated rings. The Labute approximate surface area is 88.3 Å². The smallest absolute Gasteiger partial charge is 0.324 e. The van der Waals surface area contributed by atoms with Crippen LogP contribution in [0.1, 0.15) is 33.6 Å². The number of carbonyl (C=O) groups excluding carboxylic acids is 1. The fraction of sp³-hybridized carbons (Fsp3) is 0.750. The molecule has 84 valence electrons. The van der Waals surface area contributed by atoms with Crippen LogP contribution >= 0.6 is 11.6 Å². The van der Waals surface area contributed by atoms with Crippen LogP contribution in [0.15, 0.2) is 0 Å². The van der Waals surface area contributed by atoms with Gasteiger partial charge < -0.3 is 9.94 Å². The van der Waals surface area contributed by atoms with Crippen LogP contribution in [0, 0.1) is 0 Å². The molecular formula is C8H16ClNO4. The molecule has 1 unspecified atom stereocenters. The average molecular weight is 226 g/mol. The molecule has 0 rings (SSSR count). The Morgan fingerprint density at radius 1 is 1.43 bits per heavy atom. The molecule has 0 aromatic rings. The highest BCUT2D eigenvalue weighted by atomic mass is 35.5. The number of hydrogen-bond acceptors (Lipinski definition) is 4. The van der Waals surface area contributed by atoms with Gasteiger partial charge in [-0.2, -0.15) is 0 Å². The van der Waals surface area contributed by atoms with Gasteiger partial charge in [-0.1, -0.05) is 13.8 Å². The number of hydroxylamine groups is 1. The molecule has 0 aromatic carbocycles. The fourth-order valence-electron chi connectivity index (χ4n) is 0.219. The normalized spacial score (nSPS) is 10.9. The molecule has 2 N–H and O–H groups in total. The number of nitrogens with one attached hydrogen (secondary N) is 1. The summed E-state index contributed by atoms with van der Waals surface area (Å²) in [5.41, 5.74) is 1.98. The van der Waals surface area contributed by atoms with Crippen LogP contribution in [0.3, 0.4) is 0 Å².